The number of aliphatic hydroxyl groups excluding tert-OH is 1. The Bertz CT molecular complexity index is 479. The Morgan fingerprint density at radius 2 is 2.30 bits per heavy atom. The van der Waals surface area contributed by atoms with E-state index in [1.165, 1.54) is 10.4 Å². The summed E-state index contributed by atoms with van der Waals surface area (Å²) in [6, 6.07) is 2.08. The van der Waals surface area contributed by atoms with E-state index in [0.29, 0.717) is 26.1 Å². The van der Waals surface area contributed by atoms with E-state index in [0.717, 1.165) is 19.3 Å². The van der Waals surface area contributed by atoms with Gasteiger partial charge in [0.25, 0.3) is 0 Å². The number of ether oxygens (including phenoxy) is 1. The molecular weight excluding hydrogens is 274 g/mol. The lowest BCUT2D eigenvalue weighted by atomic mass is 9.85. The Hall–Kier alpha value is -0.910. The van der Waals surface area contributed by atoms with Gasteiger partial charge in [0.2, 0.25) is 5.91 Å². The van der Waals surface area contributed by atoms with Crippen LogP contribution in [0.1, 0.15) is 42.0 Å². The molecule has 2 N–H and O–H groups in total. The van der Waals surface area contributed by atoms with Crippen LogP contribution in [0.25, 0.3) is 0 Å². The molecule has 2 aliphatic rings. The van der Waals surface area contributed by atoms with Crippen molar-refractivity contribution >= 4 is 17.2 Å². The summed E-state index contributed by atoms with van der Waals surface area (Å²) in [6.45, 7) is 1.20. The molecule has 0 aromatic carbocycles. The third kappa shape index (κ3) is 2.62. The number of fused-ring (bicyclic) bond motifs is 1. The second-order valence-corrected chi connectivity index (χ2v) is 6.78. The predicted octanol–water partition coefficient (Wildman–Crippen LogP) is 1.83. The monoisotopic (exact) mass is 295 g/mol. The Labute approximate surface area is 123 Å². The van der Waals surface area contributed by atoms with Crippen molar-refractivity contribution in [2.24, 2.45) is 0 Å². The molecule has 5 heteroatoms. The first-order chi connectivity index (χ1) is 9.74. The van der Waals surface area contributed by atoms with E-state index in [1.54, 1.807) is 11.3 Å². The zero-order valence-corrected chi connectivity index (χ0v) is 12.4. The predicted molar refractivity (Wildman–Crippen MR) is 78.0 cm³/mol. The summed E-state index contributed by atoms with van der Waals surface area (Å²) < 4.78 is 5.34. The average Bonchev–Trinajstić information content (AvgIpc) is 2.96. The van der Waals surface area contributed by atoms with Gasteiger partial charge in [0.15, 0.2) is 0 Å². The molecule has 20 heavy (non-hydrogen) atoms. The maximum atomic E-state index is 12.6. The second kappa shape index (κ2) is 5.84. The smallest absolute Gasteiger partial charge is 0.228 e. The maximum absolute atomic E-state index is 12.6. The zero-order chi connectivity index (χ0) is 14.0. The molecule has 0 bridgehead atoms. The van der Waals surface area contributed by atoms with Crippen LogP contribution < -0.4 is 5.32 Å². The van der Waals surface area contributed by atoms with Gasteiger partial charge in [0.1, 0.15) is 0 Å². The standard InChI is InChI=1S/C15H21NO3S/c17-10-15(5-7-19-8-6-15)16-14(18)12-2-1-3-13-11(12)4-9-20-13/h4,9,12,17H,1-3,5-8,10H2,(H,16,18). The van der Waals surface area contributed by atoms with Crippen LogP contribution in [0.4, 0.5) is 0 Å². The molecule has 1 aromatic heterocycles. The number of rotatable bonds is 3. The highest BCUT2D eigenvalue weighted by Gasteiger charge is 2.36. The zero-order valence-electron chi connectivity index (χ0n) is 11.6. The summed E-state index contributed by atoms with van der Waals surface area (Å²) >= 11 is 1.75. The molecule has 1 amide bonds. The van der Waals surface area contributed by atoms with Crippen molar-refractivity contribution in [1.82, 2.24) is 5.32 Å². The highest BCUT2D eigenvalue weighted by molar-refractivity contribution is 7.10. The van der Waals surface area contributed by atoms with E-state index in [4.69, 9.17) is 4.74 Å². The number of carbonyl (C=O) groups excluding carboxylic acids is 1. The third-order valence-corrected chi connectivity index (χ3v) is 5.51. The van der Waals surface area contributed by atoms with E-state index in [9.17, 15) is 9.90 Å². The van der Waals surface area contributed by atoms with Crippen LogP contribution in [0, 0.1) is 0 Å². The van der Waals surface area contributed by atoms with Crippen molar-refractivity contribution in [1.29, 1.82) is 0 Å². The molecule has 4 nitrogen and oxygen atoms in total. The normalized spacial score (nSPS) is 24.9. The lowest BCUT2D eigenvalue weighted by Crippen LogP contribution is -2.55. The molecule has 3 rings (SSSR count). The van der Waals surface area contributed by atoms with Crippen LogP contribution in [-0.2, 0) is 16.0 Å². The molecule has 1 unspecified atom stereocenters. The van der Waals surface area contributed by atoms with Crippen molar-refractivity contribution < 1.29 is 14.6 Å². The summed E-state index contributed by atoms with van der Waals surface area (Å²) in [5.74, 6) is 0.0246. The molecule has 1 atom stereocenters. The molecule has 1 saturated heterocycles. The molecule has 1 aliphatic carbocycles. The SMILES string of the molecule is O=C(NC1(CO)CCOCC1)C1CCCc2sccc21. The van der Waals surface area contributed by atoms with Crippen LogP contribution in [0.5, 0.6) is 0 Å². The van der Waals surface area contributed by atoms with E-state index in [1.807, 2.05) is 0 Å². The van der Waals surface area contributed by atoms with E-state index >= 15 is 0 Å². The number of aliphatic hydroxyl groups is 1. The average molecular weight is 295 g/mol. The van der Waals surface area contributed by atoms with Gasteiger partial charge in [-0.25, -0.2) is 0 Å². The van der Waals surface area contributed by atoms with Gasteiger partial charge in [-0.05, 0) is 49.1 Å². The largest absolute Gasteiger partial charge is 0.394 e. The molecular formula is C15H21NO3S. The second-order valence-electron chi connectivity index (χ2n) is 5.78. The first-order valence-corrected chi connectivity index (χ1v) is 8.19. The van der Waals surface area contributed by atoms with Crippen LogP contribution >= 0.6 is 11.3 Å². The lowest BCUT2D eigenvalue weighted by molar-refractivity contribution is -0.127. The van der Waals surface area contributed by atoms with Crippen LogP contribution in [-0.4, -0.2) is 36.4 Å². The number of aryl methyl sites for hydroxylation is 1. The van der Waals surface area contributed by atoms with E-state index in [2.05, 4.69) is 16.8 Å². The number of hydrogen-bond acceptors (Lipinski definition) is 4. The van der Waals surface area contributed by atoms with Crippen LogP contribution in [0.3, 0.4) is 0 Å². The molecule has 0 spiro atoms. The van der Waals surface area contributed by atoms with Crippen molar-refractivity contribution in [3.63, 3.8) is 0 Å². The van der Waals surface area contributed by atoms with Gasteiger partial charge in [-0.15, -0.1) is 11.3 Å². The third-order valence-electron chi connectivity index (χ3n) is 4.51. The molecule has 110 valence electrons. The van der Waals surface area contributed by atoms with Crippen molar-refractivity contribution in [2.45, 2.75) is 43.6 Å². The Balaban J connectivity index is 1.74. The van der Waals surface area contributed by atoms with Crippen molar-refractivity contribution in [3.05, 3.63) is 21.9 Å². The number of carbonyl (C=O) groups is 1. The number of hydrogen-bond donors (Lipinski definition) is 2. The lowest BCUT2D eigenvalue weighted by Gasteiger charge is -2.37. The number of thiophene rings is 1. The van der Waals surface area contributed by atoms with Crippen molar-refractivity contribution in [3.8, 4) is 0 Å². The summed E-state index contributed by atoms with van der Waals surface area (Å²) in [6.07, 6.45) is 4.46. The Morgan fingerprint density at radius 1 is 1.50 bits per heavy atom. The van der Waals surface area contributed by atoms with Crippen LogP contribution in [0.2, 0.25) is 0 Å². The minimum Gasteiger partial charge on any atom is -0.394 e. The number of nitrogens with one attached hydrogen (secondary N) is 1. The van der Waals surface area contributed by atoms with Crippen LogP contribution in [0.15, 0.2) is 11.4 Å². The van der Waals surface area contributed by atoms with E-state index in [-0.39, 0.29) is 18.4 Å². The maximum Gasteiger partial charge on any atom is 0.228 e. The highest BCUT2D eigenvalue weighted by atomic mass is 32.1. The Morgan fingerprint density at radius 3 is 3.05 bits per heavy atom. The molecule has 0 radical (unpaired) electrons. The highest BCUT2D eigenvalue weighted by Crippen LogP contribution is 2.35. The minimum atomic E-state index is -0.483. The summed E-state index contributed by atoms with van der Waals surface area (Å²) in [4.78, 5) is 14.0. The van der Waals surface area contributed by atoms with E-state index < -0.39 is 5.54 Å². The van der Waals surface area contributed by atoms with Gasteiger partial charge in [0, 0.05) is 18.1 Å². The van der Waals surface area contributed by atoms with Gasteiger partial charge in [0.05, 0.1) is 18.1 Å². The van der Waals surface area contributed by atoms with Gasteiger partial charge < -0.3 is 15.2 Å². The summed E-state index contributed by atoms with van der Waals surface area (Å²) in [5.41, 5.74) is 0.710. The quantitative estimate of drug-likeness (QED) is 0.894. The first-order valence-electron chi connectivity index (χ1n) is 7.31. The molecule has 2 heterocycles. The molecule has 1 aliphatic heterocycles. The van der Waals surface area contributed by atoms with Gasteiger partial charge >= 0.3 is 0 Å². The molecule has 1 aromatic rings. The fourth-order valence-corrected chi connectivity index (χ4v) is 4.18. The summed E-state index contributed by atoms with van der Waals surface area (Å²) in [7, 11) is 0. The summed E-state index contributed by atoms with van der Waals surface area (Å²) in [5, 5.41) is 14.9. The number of amides is 1. The fraction of sp³-hybridized carbons (Fsp3) is 0.667. The molecule has 1 fully saturated rings. The van der Waals surface area contributed by atoms with Gasteiger partial charge in [-0.1, -0.05) is 0 Å². The topological polar surface area (TPSA) is 58.6 Å². The minimum absolute atomic E-state index is 0.00862. The van der Waals surface area contributed by atoms with Gasteiger partial charge in [-0.2, -0.15) is 0 Å². The fourth-order valence-electron chi connectivity index (χ4n) is 3.19. The van der Waals surface area contributed by atoms with Crippen molar-refractivity contribution in [2.75, 3.05) is 19.8 Å². The first kappa shape index (κ1) is 14.0. The van der Waals surface area contributed by atoms with Gasteiger partial charge in [-0.3, -0.25) is 4.79 Å². The molecule has 0 saturated carbocycles. The Kier molecular flexibility index (Phi) is 4.10.